The van der Waals surface area contributed by atoms with Gasteiger partial charge in [0.1, 0.15) is 18.0 Å². The van der Waals surface area contributed by atoms with Crippen molar-refractivity contribution in [2.75, 3.05) is 40.8 Å². The Labute approximate surface area is 154 Å². The van der Waals surface area contributed by atoms with Crippen molar-refractivity contribution in [1.82, 2.24) is 9.80 Å². The molecule has 0 N–H and O–H groups in total. The topological polar surface area (TPSA) is 78.2 Å². The van der Waals surface area contributed by atoms with Crippen LogP contribution in [0, 0.1) is 11.3 Å². The minimum absolute atomic E-state index is 0.0368. The lowest BCUT2D eigenvalue weighted by Crippen LogP contribution is -2.40. The molecule has 0 saturated carbocycles. The van der Waals surface area contributed by atoms with Crippen molar-refractivity contribution in [1.29, 1.82) is 5.26 Å². The molecule has 0 radical (unpaired) electrons. The van der Waals surface area contributed by atoms with E-state index < -0.39 is 0 Å². The summed E-state index contributed by atoms with van der Waals surface area (Å²) in [6, 6.07) is 5.57. The van der Waals surface area contributed by atoms with Crippen LogP contribution in [0.1, 0.15) is 25.3 Å². The number of aliphatic imine (C=N–C) groups is 1. The lowest BCUT2D eigenvalue weighted by Gasteiger charge is -2.31. The van der Waals surface area contributed by atoms with Crippen molar-refractivity contribution in [2.45, 2.75) is 25.9 Å². The molecule has 1 aromatic rings. The zero-order chi connectivity index (χ0) is 19.1. The number of piperidine rings is 1. The van der Waals surface area contributed by atoms with Crippen LogP contribution in [0.25, 0.3) is 0 Å². The predicted octanol–water partition coefficient (Wildman–Crippen LogP) is 2.22. The molecule has 0 bridgehead atoms. The molecule has 1 aromatic carbocycles. The fourth-order valence-electron chi connectivity index (χ4n) is 2.85. The van der Waals surface area contributed by atoms with E-state index in [0.717, 1.165) is 25.9 Å². The highest BCUT2D eigenvalue weighted by atomic mass is 16.5. The average Bonchev–Trinajstić information content (AvgIpc) is 2.61. The fraction of sp³-hybridized carbons (Fsp3) is 0.526. The van der Waals surface area contributed by atoms with Crippen molar-refractivity contribution in [3.05, 3.63) is 17.7 Å². The van der Waals surface area contributed by atoms with E-state index in [1.165, 1.54) is 0 Å². The molecular weight excluding hydrogens is 332 g/mol. The van der Waals surface area contributed by atoms with Gasteiger partial charge in [0.15, 0.2) is 11.5 Å². The smallest absolute Gasteiger partial charge is 0.163 e. The van der Waals surface area contributed by atoms with E-state index in [0.29, 0.717) is 29.3 Å². The van der Waals surface area contributed by atoms with Crippen molar-refractivity contribution in [2.24, 2.45) is 4.99 Å². The minimum Gasteiger partial charge on any atom is -0.493 e. The summed E-state index contributed by atoms with van der Waals surface area (Å²) in [7, 11) is 5.30. The van der Waals surface area contributed by atoms with Gasteiger partial charge in [-0.15, -0.1) is 0 Å². The number of nitriles is 1. The van der Waals surface area contributed by atoms with E-state index in [9.17, 15) is 10.1 Å². The normalized spacial score (nSPS) is 15.7. The van der Waals surface area contributed by atoms with Crippen molar-refractivity contribution in [3.8, 4) is 17.6 Å². The number of methoxy groups -OCH3 is 1. The van der Waals surface area contributed by atoms with E-state index in [2.05, 4.69) is 16.0 Å². The Morgan fingerprint density at radius 3 is 2.62 bits per heavy atom. The third-order valence-electron chi connectivity index (χ3n) is 4.10. The zero-order valence-corrected chi connectivity index (χ0v) is 15.9. The predicted molar refractivity (Wildman–Crippen MR) is 100 cm³/mol. The summed E-state index contributed by atoms with van der Waals surface area (Å²) in [6.45, 7) is 3.75. The summed E-state index contributed by atoms with van der Waals surface area (Å²) in [5.74, 6) is 1.29. The summed E-state index contributed by atoms with van der Waals surface area (Å²) in [6.07, 6.45) is 3.34. The first-order chi connectivity index (χ1) is 12.4. The van der Waals surface area contributed by atoms with Gasteiger partial charge in [0.2, 0.25) is 0 Å². The first-order valence-corrected chi connectivity index (χ1v) is 8.64. The molecule has 140 valence electrons. The lowest BCUT2D eigenvalue weighted by molar-refractivity contribution is -0.118. The van der Waals surface area contributed by atoms with Gasteiger partial charge in [0, 0.05) is 39.3 Å². The van der Waals surface area contributed by atoms with Gasteiger partial charge in [-0.25, -0.2) is 4.99 Å². The molecule has 7 nitrogen and oxygen atoms in total. The van der Waals surface area contributed by atoms with Gasteiger partial charge in [-0.1, -0.05) is 0 Å². The van der Waals surface area contributed by atoms with Crippen LogP contribution in [0.2, 0.25) is 0 Å². The number of Topliss-reactive ketones (excluding diaryl/α,β-unsaturated/α-hetero) is 1. The maximum Gasteiger partial charge on any atom is 0.163 e. The molecule has 1 aliphatic rings. The maximum atomic E-state index is 11.2. The molecule has 1 saturated heterocycles. The van der Waals surface area contributed by atoms with Gasteiger partial charge in [0.25, 0.3) is 0 Å². The number of hydrogen-bond acceptors (Lipinski definition) is 6. The molecule has 7 heteroatoms. The number of benzene rings is 1. The summed E-state index contributed by atoms with van der Waals surface area (Å²) >= 11 is 0. The van der Waals surface area contributed by atoms with Gasteiger partial charge in [-0.2, -0.15) is 5.26 Å². The molecule has 1 fully saturated rings. The second-order valence-electron chi connectivity index (χ2n) is 6.64. The fourth-order valence-corrected chi connectivity index (χ4v) is 2.85. The zero-order valence-electron chi connectivity index (χ0n) is 15.9. The van der Waals surface area contributed by atoms with E-state index >= 15 is 0 Å². The van der Waals surface area contributed by atoms with Crippen LogP contribution in [0.3, 0.4) is 0 Å². The van der Waals surface area contributed by atoms with Crippen LogP contribution in [-0.4, -0.2) is 68.9 Å². The highest BCUT2D eigenvalue weighted by Crippen LogP contribution is 2.36. The van der Waals surface area contributed by atoms with Crippen LogP contribution in [0.4, 0.5) is 5.69 Å². The Morgan fingerprint density at radius 1 is 1.38 bits per heavy atom. The number of ether oxygens (including phenoxy) is 2. The number of likely N-dealkylation sites (tertiary alicyclic amines) is 1. The third kappa shape index (κ3) is 5.46. The largest absolute Gasteiger partial charge is 0.493 e. The lowest BCUT2D eigenvalue weighted by atomic mass is 10.1. The van der Waals surface area contributed by atoms with Crippen molar-refractivity contribution >= 4 is 17.8 Å². The molecule has 0 spiro atoms. The first-order valence-electron chi connectivity index (χ1n) is 8.64. The molecule has 1 heterocycles. The number of carbonyl (C=O) groups excluding carboxylic acids is 1. The molecule has 0 aromatic heterocycles. The average molecular weight is 358 g/mol. The Kier molecular flexibility index (Phi) is 6.98. The minimum atomic E-state index is 0.0368. The van der Waals surface area contributed by atoms with Gasteiger partial charge in [-0.05, 0) is 19.8 Å². The Bertz CT molecular complexity index is 701. The molecule has 2 rings (SSSR count). The molecular formula is C19H26N4O3. The van der Waals surface area contributed by atoms with Crippen LogP contribution >= 0.6 is 0 Å². The standard InChI is InChI=1S/C19H26N4O3/c1-14(24)12-23-7-5-16(6-8-23)26-19-9-15(11-20)17(10-18(19)25-4)21-13-22(2)3/h9-10,13,16H,5-8,12H2,1-4H3. The molecule has 0 atom stereocenters. The number of ketones is 1. The second-order valence-corrected chi connectivity index (χ2v) is 6.64. The van der Waals surface area contributed by atoms with Crippen LogP contribution < -0.4 is 9.47 Å². The Morgan fingerprint density at radius 2 is 2.08 bits per heavy atom. The Balaban J connectivity index is 2.12. The van der Waals surface area contributed by atoms with E-state index in [-0.39, 0.29) is 11.9 Å². The van der Waals surface area contributed by atoms with Gasteiger partial charge < -0.3 is 14.4 Å². The van der Waals surface area contributed by atoms with Crippen LogP contribution in [0.5, 0.6) is 11.5 Å². The first kappa shape index (κ1) is 19.7. The monoisotopic (exact) mass is 358 g/mol. The summed E-state index contributed by atoms with van der Waals surface area (Å²) in [4.78, 5) is 19.5. The molecule has 0 amide bonds. The van der Waals surface area contributed by atoms with Crippen molar-refractivity contribution in [3.63, 3.8) is 0 Å². The molecule has 1 aliphatic heterocycles. The second kappa shape index (κ2) is 9.20. The third-order valence-corrected chi connectivity index (χ3v) is 4.10. The van der Waals surface area contributed by atoms with Gasteiger partial charge in [0.05, 0.1) is 31.2 Å². The summed E-state index contributed by atoms with van der Waals surface area (Å²) in [5, 5.41) is 9.42. The van der Waals surface area contributed by atoms with E-state index in [1.807, 2.05) is 14.1 Å². The maximum absolute atomic E-state index is 11.2. The van der Waals surface area contributed by atoms with Gasteiger partial charge in [-0.3, -0.25) is 9.69 Å². The Hall–Kier alpha value is -2.59. The number of hydrogen-bond donors (Lipinski definition) is 0. The quantitative estimate of drug-likeness (QED) is 0.549. The number of carbonyl (C=O) groups is 1. The number of nitrogens with zero attached hydrogens (tertiary/aromatic N) is 4. The van der Waals surface area contributed by atoms with Crippen LogP contribution in [-0.2, 0) is 4.79 Å². The van der Waals surface area contributed by atoms with Gasteiger partial charge >= 0.3 is 0 Å². The highest BCUT2D eigenvalue weighted by molar-refractivity contribution is 5.77. The van der Waals surface area contributed by atoms with E-state index in [1.54, 1.807) is 37.4 Å². The SMILES string of the molecule is COc1cc(N=CN(C)C)c(C#N)cc1OC1CCN(CC(C)=O)CC1. The molecule has 0 unspecified atom stereocenters. The van der Waals surface area contributed by atoms with E-state index in [4.69, 9.17) is 9.47 Å². The van der Waals surface area contributed by atoms with Crippen molar-refractivity contribution < 1.29 is 14.3 Å². The van der Waals surface area contributed by atoms with Crippen LogP contribution in [0.15, 0.2) is 17.1 Å². The molecule has 26 heavy (non-hydrogen) atoms. The number of rotatable bonds is 7. The molecule has 0 aliphatic carbocycles. The summed E-state index contributed by atoms with van der Waals surface area (Å²) in [5.41, 5.74) is 0.981. The summed E-state index contributed by atoms with van der Waals surface area (Å²) < 4.78 is 11.5. The highest BCUT2D eigenvalue weighted by Gasteiger charge is 2.23.